The molecule has 1 fully saturated rings. The van der Waals surface area contributed by atoms with Gasteiger partial charge >= 0.3 is 0 Å². The maximum atomic E-state index is 5.93. The van der Waals surface area contributed by atoms with Gasteiger partial charge in [0.05, 0.1) is 11.4 Å². The third-order valence-corrected chi connectivity index (χ3v) is 4.85. The topological polar surface area (TPSA) is 15.3 Å². The Bertz CT molecular complexity index is 580. The normalized spacial score (nSPS) is 15.0. The fourth-order valence-corrected chi connectivity index (χ4v) is 3.53. The Kier molecular flexibility index (Phi) is 4.94. The van der Waals surface area contributed by atoms with E-state index >= 15 is 0 Å². The van der Waals surface area contributed by atoms with E-state index in [4.69, 9.17) is 11.6 Å². The molecule has 110 valence electrons. The summed E-state index contributed by atoms with van der Waals surface area (Å²) in [5, 5.41) is 4.34. The van der Waals surface area contributed by atoms with Crippen molar-refractivity contribution in [3.8, 4) is 0 Å². The van der Waals surface area contributed by atoms with Gasteiger partial charge < -0.3 is 10.2 Å². The molecule has 0 aromatic heterocycles. The molecule has 0 aliphatic carbocycles. The van der Waals surface area contributed by atoms with E-state index in [9.17, 15) is 0 Å². The zero-order valence-corrected chi connectivity index (χ0v) is 13.5. The quantitative estimate of drug-likeness (QED) is 0.893. The standard InChI is InChI=1S/C17H19ClN2S/c18-15-7-5-14(6-8-15)13-19-16-3-1-2-4-17(16)20-9-11-21-12-10-20/h1-8,19H,9-13H2. The van der Waals surface area contributed by atoms with Crippen molar-refractivity contribution < 1.29 is 0 Å². The minimum Gasteiger partial charge on any atom is -0.379 e. The van der Waals surface area contributed by atoms with Crippen LogP contribution in [-0.4, -0.2) is 24.6 Å². The van der Waals surface area contributed by atoms with E-state index in [0.29, 0.717) is 0 Å². The summed E-state index contributed by atoms with van der Waals surface area (Å²) in [5.41, 5.74) is 3.76. The van der Waals surface area contributed by atoms with Crippen molar-refractivity contribution in [2.45, 2.75) is 6.54 Å². The number of benzene rings is 2. The van der Waals surface area contributed by atoms with Crippen molar-refractivity contribution in [2.24, 2.45) is 0 Å². The summed E-state index contributed by atoms with van der Waals surface area (Å²) in [4.78, 5) is 2.47. The van der Waals surface area contributed by atoms with Crippen molar-refractivity contribution in [3.05, 3.63) is 59.1 Å². The fraction of sp³-hybridized carbons (Fsp3) is 0.294. The lowest BCUT2D eigenvalue weighted by molar-refractivity contribution is 0.858. The van der Waals surface area contributed by atoms with Gasteiger partial charge in [-0.05, 0) is 29.8 Å². The molecule has 0 atom stereocenters. The average Bonchev–Trinajstić information content (AvgIpc) is 2.55. The molecule has 2 aromatic rings. The Morgan fingerprint density at radius 3 is 2.48 bits per heavy atom. The highest BCUT2D eigenvalue weighted by Crippen LogP contribution is 2.28. The monoisotopic (exact) mass is 318 g/mol. The van der Waals surface area contributed by atoms with Gasteiger partial charge in [-0.2, -0.15) is 11.8 Å². The first-order valence-electron chi connectivity index (χ1n) is 7.23. The third-order valence-electron chi connectivity index (χ3n) is 3.65. The second-order valence-corrected chi connectivity index (χ2v) is 6.76. The summed E-state index contributed by atoms with van der Waals surface area (Å²) in [6.45, 7) is 3.07. The minimum atomic E-state index is 0.782. The molecule has 0 spiro atoms. The van der Waals surface area contributed by atoms with Gasteiger partial charge in [-0.15, -0.1) is 0 Å². The van der Waals surface area contributed by atoms with Crippen LogP contribution in [0.1, 0.15) is 5.56 Å². The lowest BCUT2D eigenvalue weighted by atomic mass is 10.2. The lowest BCUT2D eigenvalue weighted by Gasteiger charge is -2.30. The van der Waals surface area contributed by atoms with E-state index in [2.05, 4.69) is 46.6 Å². The molecule has 1 N–H and O–H groups in total. The summed E-state index contributed by atoms with van der Waals surface area (Å²) in [7, 11) is 0. The van der Waals surface area contributed by atoms with Gasteiger partial charge in [0.15, 0.2) is 0 Å². The Balaban J connectivity index is 1.71. The largest absolute Gasteiger partial charge is 0.379 e. The summed E-state index contributed by atoms with van der Waals surface area (Å²) < 4.78 is 0. The smallest absolute Gasteiger partial charge is 0.0602 e. The Morgan fingerprint density at radius 1 is 1.00 bits per heavy atom. The van der Waals surface area contributed by atoms with E-state index in [-0.39, 0.29) is 0 Å². The molecule has 21 heavy (non-hydrogen) atoms. The zero-order valence-electron chi connectivity index (χ0n) is 11.9. The first kappa shape index (κ1) is 14.6. The highest BCUT2D eigenvalue weighted by Gasteiger charge is 2.14. The van der Waals surface area contributed by atoms with E-state index in [1.165, 1.54) is 28.4 Å². The van der Waals surface area contributed by atoms with Gasteiger partial charge in [-0.1, -0.05) is 35.9 Å². The van der Waals surface area contributed by atoms with E-state index in [0.717, 1.165) is 24.7 Å². The van der Waals surface area contributed by atoms with Gasteiger partial charge in [0.1, 0.15) is 0 Å². The van der Waals surface area contributed by atoms with Gasteiger partial charge in [-0.25, -0.2) is 0 Å². The van der Waals surface area contributed by atoms with Crippen molar-refractivity contribution >= 4 is 34.7 Å². The molecule has 2 nitrogen and oxygen atoms in total. The number of nitrogens with one attached hydrogen (secondary N) is 1. The molecule has 0 radical (unpaired) electrons. The van der Waals surface area contributed by atoms with Crippen LogP contribution in [0, 0.1) is 0 Å². The molecule has 2 aromatic carbocycles. The van der Waals surface area contributed by atoms with Crippen LogP contribution < -0.4 is 10.2 Å². The second kappa shape index (κ2) is 7.10. The van der Waals surface area contributed by atoms with Crippen LogP contribution in [0.3, 0.4) is 0 Å². The van der Waals surface area contributed by atoms with Crippen LogP contribution in [0.25, 0.3) is 0 Å². The lowest BCUT2D eigenvalue weighted by Crippen LogP contribution is -2.32. The average molecular weight is 319 g/mol. The molecule has 3 rings (SSSR count). The highest BCUT2D eigenvalue weighted by molar-refractivity contribution is 7.99. The number of anilines is 2. The molecule has 1 saturated heterocycles. The van der Waals surface area contributed by atoms with E-state index in [1.807, 2.05) is 23.9 Å². The molecule has 1 heterocycles. The van der Waals surface area contributed by atoms with Crippen LogP contribution in [0.15, 0.2) is 48.5 Å². The molecule has 4 heteroatoms. The fourth-order valence-electron chi connectivity index (χ4n) is 2.50. The number of halogens is 1. The Labute approximate surface area is 135 Å². The van der Waals surface area contributed by atoms with Crippen LogP contribution in [0.5, 0.6) is 0 Å². The summed E-state index contributed by atoms with van der Waals surface area (Å²) >= 11 is 7.96. The predicted octanol–water partition coefficient (Wildman–Crippen LogP) is 4.51. The van der Waals surface area contributed by atoms with Gasteiger partial charge in [0.25, 0.3) is 0 Å². The number of nitrogens with zero attached hydrogens (tertiary/aromatic N) is 1. The van der Waals surface area contributed by atoms with Crippen LogP contribution in [-0.2, 0) is 6.54 Å². The van der Waals surface area contributed by atoms with Gasteiger partial charge in [-0.3, -0.25) is 0 Å². The number of para-hydroxylation sites is 2. The molecule has 0 unspecified atom stereocenters. The number of thioether (sulfide) groups is 1. The van der Waals surface area contributed by atoms with Crippen molar-refractivity contribution in [3.63, 3.8) is 0 Å². The summed E-state index contributed by atoms with van der Waals surface area (Å²) in [6, 6.07) is 16.6. The molecule has 1 aliphatic heterocycles. The number of hydrogen-bond donors (Lipinski definition) is 1. The highest BCUT2D eigenvalue weighted by atomic mass is 35.5. The molecule has 1 aliphatic rings. The zero-order chi connectivity index (χ0) is 14.5. The maximum absolute atomic E-state index is 5.93. The van der Waals surface area contributed by atoms with E-state index in [1.54, 1.807) is 0 Å². The van der Waals surface area contributed by atoms with Crippen molar-refractivity contribution in [2.75, 3.05) is 34.8 Å². The Hall–Kier alpha value is -1.32. The van der Waals surface area contributed by atoms with Crippen molar-refractivity contribution in [1.82, 2.24) is 0 Å². The second-order valence-electron chi connectivity index (χ2n) is 5.10. The molecule has 0 bridgehead atoms. The predicted molar refractivity (Wildman–Crippen MR) is 94.8 cm³/mol. The number of hydrogen-bond acceptors (Lipinski definition) is 3. The summed E-state index contributed by atoms with van der Waals surface area (Å²) in [6.07, 6.45) is 0. The summed E-state index contributed by atoms with van der Waals surface area (Å²) in [5.74, 6) is 2.43. The van der Waals surface area contributed by atoms with Crippen LogP contribution >= 0.6 is 23.4 Å². The molecular weight excluding hydrogens is 300 g/mol. The first-order chi connectivity index (χ1) is 10.3. The Morgan fingerprint density at radius 2 is 1.71 bits per heavy atom. The maximum Gasteiger partial charge on any atom is 0.0602 e. The SMILES string of the molecule is Clc1ccc(CNc2ccccc2N2CCSCC2)cc1. The molecule has 0 amide bonds. The molecular formula is C17H19ClN2S. The molecule has 0 saturated carbocycles. The van der Waals surface area contributed by atoms with Crippen LogP contribution in [0.4, 0.5) is 11.4 Å². The van der Waals surface area contributed by atoms with Gasteiger partial charge in [0.2, 0.25) is 0 Å². The number of rotatable bonds is 4. The van der Waals surface area contributed by atoms with E-state index < -0.39 is 0 Å². The van der Waals surface area contributed by atoms with Gasteiger partial charge in [0, 0.05) is 36.2 Å². The minimum absolute atomic E-state index is 0.782. The van der Waals surface area contributed by atoms with Crippen molar-refractivity contribution in [1.29, 1.82) is 0 Å². The third kappa shape index (κ3) is 3.86. The first-order valence-corrected chi connectivity index (χ1v) is 8.76. The van der Waals surface area contributed by atoms with Crippen LogP contribution in [0.2, 0.25) is 5.02 Å².